The molecule has 1 aliphatic heterocycles. The summed E-state index contributed by atoms with van der Waals surface area (Å²) in [4.78, 5) is 27.6. The van der Waals surface area contributed by atoms with Gasteiger partial charge in [0.05, 0.1) is 25.3 Å². The summed E-state index contributed by atoms with van der Waals surface area (Å²) in [6, 6.07) is 10.3. The number of hydrogen-bond acceptors (Lipinski definition) is 5. The molecule has 0 unspecified atom stereocenters. The van der Waals surface area contributed by atoms with Crippen molar-refractivity contribution in [3.8, 4) is 17.2 Å². The van der Waals surface area contributed by atoms with Crippen LogP contribution in [0.2, 0.25) is 0 Å². The van der Waals surface area contributed by atoms with E-state index in [1.807, 2.05) is 13.8 Å². The quantitative estimate of drug-likeness (QED) is 0.731. The van der Waals surface area contributed by atoms with Gasteiger partial charge < -0.3 is 24.4 Å². The van der Waals surface area contributed by atoms with Gasteiger partial charge in [-0.15, -0.1) is 6.58 Å². The number of methoxy groups -OCH3 is 2. The van der Waals surface area contributed by atoms with Gasteiger partial charge in [-0.1, -0.05) is 12.1 Å². The van der Waals surface area contributed by atoms with Crippen molar-refractivity contribution in [2.45, 2.75) is 13.8 Å². The first-order valence-corrected chi connectivity index (χ1v) is 9.54. The van der Waals surface area contributed by atoms with Gasteiger partial charge in [0, 0.05) is 12.2 Å². The lowest BCUT2D eigenvalue weighted by molar-refractivity contribution is -0.127. The Morgan fingerprint density at radius 2 is 1.90 bits per heavy atom. The van der Waals surface area contributed by atoms with E-state index in [1.165, 1.54) is 14.2 Å². The fourth-order valence-corrected chi connectivity index (χ4v) is 3.30. The number of benzene rings is 2. The minimum Gasteiger partial charge on any atom is -0.496 e. The maximum absolute atomic E-state index is 13.0. The number of hydrogen-bond donors (Lipinski definition) is 1. The minimum absolute atomic E-state index is 0.0731. The smallest absolute Gasteiger partial charge is 0.263 e. The fraction of sp³-hybridized carbons (Fsp3) is 0.304. The van der Waals surface area contributed by atoms with Crippen LogP contribution >= 0.6 is 0 Å². The first kappa shape index (κ1) is 21.2. The number of anilines is 2. The molecular formula is C23H26N2O5. The molecule has 158 valence electrons. The molecule has 3 rings (SSSR count). The van der Waals surface area contributed by atoms with E-state index in [-0.39, 0.29) is 24.0 Å². The number of rotatable bonds is 6. The van der Waals surface area contributed by atoms with Gasteiger partial charge in [0.15, 0.2) is 0 Å². The Bertz CT molecular complexity index is 961. The van der Waals surface area contributed by atoms with Crippen molar-refractivity contribution in [1.29, 1.82) is 0 Å². The molecule has 0 fully saturated rings. The summed E-state index contributed by atoms with van der Waals surface area (Å²) in [5.74, 6) is 0.908. The van der Waals surface area contributed by atoms with Gasteiger partial charge in [-0.25, -0.2) is 0 Å². The van der Waals surface area contributed by atoms with Crippen LogP contribution in [0.25, 0.3) is 0 Å². The third kappa shape index (κ3) is 3.96. The van der Waals surface area contributed by atoms with Crippen LogP contribution in [0, 0.1) is 5.41 Å². The predicted molar refractivity (Wildman–Crippen MR) is 116 cm³/mol. The maximum Gasteiger partial charge on any atom is 0.263 e. The summed E-state index contributed by atoms with van der Waals surface area (Å²) < 4.78 is 16.5. The highest BCUT2D eigenvalue weighted by Gasteiger charge is 2.37. The number of amides is 2. The average Bonchev–Trinajstić information content (AvgIpc) is 2.83. The normalized spacial score (nSPS) is 14.8. The highest BCUT2D eigenvalue weighted by Crippen LogP contribution is 2.38. The first-order valence-electron chi connectivity index (χ1n) is 9.54. The van der Waals surface area contributed by atoms with E-state index in [9.17, 15) is 9.59 Å². The van der Waals surface area contributed by atoms with Crippen LogP contribution in [0.4, 0.5) is 11.4 Å². The maximum atomic E-state index is 13.0. The largest absolute Gasteiger partial charge is 0.496 e. The van der Waals surface area contributed by atoms with Gasteiger partial charge >= 0.3 is 0 Å². The second-order valence-corrected chi connectivity index (χ2v) is 7.55. The molecule has 2 amide bonds. The van der Waals surface area contributed by atoms with Gasteiger partial charge in [-0.3, -0.25) is 9.59 Å². The molecule has 7 nitrogen and oxygen atoms in total. The van der Waals surface area contributed by atoms with E-state index in [4.69, 9.17) is 14.2 Å². The second-order valence-electron chi connectivity index (χ2n) is 7.55. The van der Waals surface area contributed by atoms with Gasteiger partial charge in [-0.2, -0.15) is 0 Å². The average molecular weight is 410 g/mol. The Kier molecular flexibility index (Phi) is 6.01. The monoisotopic (exact) mass is 410 g/mol. The molecule has 0 saturated carbocycles. The van der Waals surface area contributed by atoms with Crippen molar-refractivity contribution in [1.82, 2.24) is 0 Å². The topological polar surface area (TPSA) is 77.1 Å². The van der Waals surface area contributed by atoms with Crippen LogP contribution in [0.1, 0.15) is 24.2 Å². The Morgan fingerprint density at radius 3 is 2.50 bits per heavy atom. The summed E-state index contributed by atoms with van der Waals surface area (Å²) in [6.45, 7) is 8.03. The van der Waals surface area contributed by atoms with Crippen LogP contribution in [0.15, 0.2) is 49.1 Å². The molecule has 2 aromatic carbocycles. The first-order chi connectivity index (χ1) is 14.3. The number of fused-ring (bicyclic) bond motifs is 1. The number of nitrogens with one attached hydrogen (secondary N) is 1. The van der Waals surface area contributed by atoms with Crippen molar-refractivity contribution >= 4 is 23.2 Å². The molecule has 7 heteroatoms. The van der Waals surface area contributed by atoms with E-state index in [2.05, 4.69) is 11.9 Å². The number of nitrogens with zero attached hydrogens (tertiary/aromatic N) is 1. The lowest BCUT2D eigenvalue weighted by atomic mass is 9.93. The van der Waals surface area contributed by atoms with E-state index in [1.54, 1.807) is 47.4 Å². The predicted octanol–water partition coefficient (Wildman–Crippen LogP) is 3.89. The molecule has 0 spiro atoms. The highest BCUT2D eigenvalue weighted by atomic mass is 16.5. The molecule has 0 aliphatic carbocycles. The summed E-state index contributed by atoms with van der Waals surface area (Å²) in [6.07, 6.45) is 1.66. The number of ether oxygens (including phenoxy) is 3. The second kappa shape index (κ2) is 8.49. The van der Waals surface area contributed by atoms with Crippen molar-refractivity contribution in [3.63, 3.8) is 0 Å². The molecule has 1 heterocycles. The molecule has 2 aromatic rings. The molecule has 1 aliphatic rings. The molecule has 1 N–H and O–H groups in total. The van der Waals surface area contributed by atoms with Crippen LogP contribution in [0.5, 0.6) is 17.2 Å². The summed E-state index contributed by atoms with van der Waals surface area (Å²) in [5.41, 5.74) is 0.692. The molecular weight excluding hydrogens is 384 g/mol. The van der Waals surface area contributed by atoms with Crippen LogP contribution in [-0.4, -0.2) is 39.2 Å². The zero-order valence-electron chi connectivity index (χ0n) is 17.7. The van der Waals surface area contributed by atoms with Crippen molar-refractivity contribution < 1.29 is 23.8 Å². The standard InChI is InChI=1S/C23H26N2O5/c1-6-12-25-16-13-15(10-11-17(16)30-14-23(2,3)22(25)27)24-21(26)20-18(28-4)8-7-9-19(20)29-5/h6-11,13H,1,12,14H2,2-5H3,(H,24,26). The number of carbonyl (C=O) groups excluding carboxylic acids is 2. The zero-order valence-corrected chi connectivity index (χ0v) is 17.7. The van der Waals surface area contributed by atoms with E-state index in [0.29, 0.717) is 35.2 Å². The SMILES string of the molecule is C=CCN1C(=O)C(C)(C)COc2ccc(NC(=O)c3c(OC)cccc3OC)cc21. The van der Waals surface area contributed by atoms with Gasteiger partial charge in [0.1, 0.15) is 29.4 Å². The van der Waals surface area contributed by atoms with Crippen LogP contribution < -0.4 is 24.4 Å². The van der Waals surface area contributed by atoms with E-state index >= 15 is 0 Å². The molecule has 0 bridgehead atoms. The molecule has 30 heavy (non-hydrogen) atoms. The highest BCUT2D eigenvalue weighted by molar-refractivity contribution is 6.09. The van der Waals surface area contributed by atoms with Crippen molar-refractivity contribution in [3.05, 3.63) is 54.6 Å². The van der Waals surface area contributed by atoms with E-state index in [0.717, 1.165) is 0 Å². The molecule has 0 aromatic heterocycles. The Labute approximate surface area is 176 Å². The fourth-order valence-electron chi connectivity index (χ4n) is 3.30. The Morgan fingerprint density at radius 1 is 1.23 bits per heavy atom. The molecule has 0 saturated heterocycles. The lowest BCUT2D eigenvalue weighted by Gasteiger charge is -2.27. The number of carbonyl (C=O) groups is 2. The minimum atomic E-state index is -0.684. The third-order valence-corrected chi connectivity index (χ3v) is 4.89. The van der Waals surface area contributed by atoms with Crippen LogP contribution in [0.3, 0.4) is 0 Å². The Balaban J connectivity index is 1.98. The van der Waals surface area contributed by atoms with Crippen LogP contribution in [-0.2, 0) is 4.79 Å². The Hall–Kier alpha value is -3.48. The van der Waals surface area contributed by atoms with Crippen molar-refractivity contribution in [2.24, 2.45) is 5.41 Å². The summed E-state index contributed by atoms with van der Waals surface area (Å²) in [7, 11) is 2.98. The van der Waals surface area contributed by atoms with Gasteiger partial charge in [0.2, 0.25) is 5.91 Å². The summed E-state index contributed by atoms with van der Waals surface area (Å²) in [5, 5.41) is 2.86. The van der Waals surface area contributed by atoms with E-state index < -0.39 is 5.41 Å². The molecule has 0 atom stereocenters. The summed E-state index contributed by atoms with van der Waals surface area (Å²) >= 11 is 0. The zero-order chi connectivity index (χ0) is 21.9. The molecule has 0 radical (unpaired) electrons. The van der Waals surface area contributed by atoms with Gasteiger partial charge in [-0.05, 0) is 44.2 Å². The van der Waals surface area contributed by atoms with Gasteiger partial charge in [0.25, 0.3) is 5.91 Å². The third-order valence-electron chi connectivity index (χ3n) is 4.89. The van der Waals surface area contributed by atoms with Crippen molar-refractivity contribution in [2.75, 3.05) is 37.6 Å². The lowest BCUT2D eigenvalue weighted by Crippen LogP contribution is -2.42.